The number of halogens is 1. The van der Waals surface area contributed by atoms with Gasteiger partial charge in [-0.1, -0.05) is 0 Å². The summed E-state index contributed by atoms with van der Waals surface area (Å²) in [6, 6.07) is 11.2. The van der Waals surface area contributed by atoms with Crippen LogP contribution in [0.5, 0.6) is 0 Å². The van der Waals surface area contributed by atoms with Crippen molar-refractivity contribution in [2.75, 3.05) is 23.0 Å². The van der Waals surface area contributed by atoms with Gasteiger partial charge >= 0.3 is 5.97 Å². The number of carbonyl (C=O) groups is 1. The highest BCUT2D eigenvalue weighted by Crippen LogP contribution is 2.49. The van der Waals surface area contributed by atoms with E-state index >= 15 is 0 Å². The van der Waals surface area contributed by atoms with Crippen molar-refractivity contribution in [1.29, 1.82) is 0 Å². The van der Waals surface area contributed by atoms with Crippen LogP contribution in [0.2, 0.25) is 0 Å². The van der Waals surface area contributed by atoms with Crippen LogP contribution in [0.3, 0.4) is 0 Å². The zero-order chi connectivity index (χ0) is 24.3. The Balaban J connectivity index is 1.48. The summed E-state index contributed by atoms with van der Waals surface area (Å²) in [6.07, 6.45) is 6.25. The second-order valence-electron chi connectivity index (χ2n) is 10.7. The maximum Gasteiger partial charge on any atom is 0.306 e. The maximum atomic E-state index is 13.8. The number of aromatic nitrogens is 2. The Morgan fingerprint density at radius 2 is 1.91 bits per heavy atom. The molecule has 2 fully saturated rings. The molecule has 1 N–H and O–H groups in total. The Bertz CT molecular complexity index is 1260. The first-order chi connectivity index (χ1) is 16.8. The lowest BCUT2D eigenvalue weighted by Crippen LogP contribution is -2.59. The van der Waals surface area contributed by atoms with Crippen molar-refractivity contribution in [2.24, 2.45) is 5.92 Å². The zero-order valence-electron chi connectivity index (χ0n) is 20.2. The SMILES string of the molecule is CC1(C)CN(C2CC(C(=O)O)C2)c2cc3c(cnn3C3CCCCO3)cc2N1c1ccc(F)cc1. The first-order valence-electron chi connectivity index (χ1n) is 12.5. The number of rotatable bonds is 4. The molecule has 184 valence electrons. The van der Waals surface area contributed by atoms with Gasteiger partial charge in [0.1, 0.15) is 5.82 Å². The van der Waals surface area contributed by atoms with Crippen molar-refractivity contribution in [3.05, 3.63) is 48.4 Å². The summed E-state index contributed by atoms with van der Waals surface area (Å²) >= 11 is 0. The van der Waals surface area contributed by atoms with Gasteiger partial charge in [0.25, 0.3) is 0 Å². The minimum absolute atomic E-state index is 0.0684. The lowest BCUT2D eigenvalue weighted by molar-refractivity contribution is -0.145. The number of carboxylic acid groups (broad SMARTS) is 1. The van der Waals surface area contributed by atoms with Crippen LogP contribution in [0.15, 0.2) is 42.6 Å². The molecule has 3 aliphatic rings. The molecule has 0 radical (unpaired) electrons. The summed E-state index contributed by atoms with van der Waals surface area (Å²) in [5, 5.41) is 15.2. The molecule has 1 atom stereocenters. The largest absolute Gasteiger partial charge is 0.481 e. The van der Waals surface area contributed by atoms with E-state index in [2.05, 4.69) is 35.8 Å². The fraction of sp³-hybridized carbons (Fsp3) is 0.481. The maximum absolute atomic E-state index is 13.8. The Morgan fingerprint density at radius 1 is 1.14 bits per heavy atom. The average molecular weight is 479 g/mol. The first kappa shape index (κ1) is 22.3. The lowest BCUT2D eigenvalue weighted by Gasteiger charge is -2.54. The third-order valence-electron chi connectivity index (χ3n) is 7.82. The van der Waals surface area contributed by atoms with E-state index in [1.165, 1.54) is 12.1 Å². The number of ether oxygens (including phenoxy) is 1. The van der Waals surface area contributed by atoms with E-state index in [1.54, 1.807) is 0 Å². The highest BCUT2D eigenvalue weighted by Gasteiger charge is 2.45. The van der Waals surface area contributed by atoms with E-state index in [0.717, 1.165) is 60.4 Å². The van der Waals surface area contributed by atoms with Gasteiger partial charge < -0.3 is 19.6 Å². The first-order valence-corrected chi connectivity index (χ1v) is 12.5. The molecule has 1 saturated heterocycles. The van der Waals surface area contributed by atoms with Crippen LogP contribution in [0.4, 0.5) is 21.5 Å². The molecule has 35 heavy (non-hydrogen) atoms. The van der Waals surface area contributed by atoms with E-state index in [-0.39, 0.29) is 29.5 Å². The van der Waals surface area contributed by atoms with Crippen LogP contribution in [0.25, 0.3) is 10.9 Å². The highest BCUT2D eigenvalue weighted by molar-refractivity contribution is 5.94. The molecule has 3 heterocycles. The summed E-state index contributed by atoms with van der Waals surface area (Å²) < 4.78 is 21.8. The molecule has 0 bridgehead atoms. The molecule has 3 aromatic rings. The number of benzene rings is 2. The van der Waals surface area contributed by atoms with Gasteiger partial charge in [-0.2, -0.15) is 5.10 Å². The van der Waals surface area contributed by atoms with Crippen molar-refractivity contribution in [2.45, 2.75) is 63.8 Å². The molecular formula is C27H31FN4O3. The molecule has 2 aliphatic heterocycles. The summed E-state index contributed by atoms with van der Waals surface area (Å²) in [4.78, 5) is 16.2. The lowest BCUT2D eigenvalue weighted by atomic mass is 9.77. The Morgan fingerprint density at radius 3 is 2.60 bits per heavy atom. The number of fused-ring (bicyclic) bond motifs is 2. The van der Waals surface area contributed by atoms with Crippen LogP contribution in [0, 0.1) is 11.7 Å². The summed E-state index contributed by atoms with van der Waals surface area (Å²) in [7, 11) is 0. The number of hydrogen-bond acceptors (Lipinski definition) is 5. The van der Waals surface area contributed by atoms with Gasteiger partial charge in [0.2, 0.25) is 0 Å². The topological polar surface area (TPSA) is 70.8 Å². The number of anilines is 3. The molecule has 1 unspecified atom stereocenters. The summed E-state index contributed by atoms with van der Waals surface area (Å²) in [5.74, 6) is -1.26. The highest BCUT2D eigenvalue weighted by atomic mass is 19.1. The molecule has 1 aliphatic carbocycles. The standard InChI is InChI=1S/C27H31FN4O3/c1-27(2)16-30(21-11-17(12-21)26(33)34)23-14-22-18(15-29-32(22)25-5-3-4-10-35-25)13-24(23)31(27)20-8-6-19(28)7-9-20/h6-9,13-15,17,21,25H,3-5,10-12,16H2,1-2H3,(H,33,34). The Kier molecular flexibility index (Phi) is 5.25. The van der Waals surface area contributed by atoms with E-state index in [9.17, 15) is 14.3 Å². The molecule has 6 rings (SSSR count). The van der Waals surface area contributed by atoms with Crippen molar-refractivity contribution in [1.82, 2.24) is 9.78 Å². The van der Waals surface area contributed by atoms with Gasteiger partial charge in [-0.15, -0.1) is 0 Å². The quantitative estimate of drug-likeness (QED) is 0.536. The van der Waals surface area contributed by atoms with Gasteiger partial charge in [-0.05, 0) is 82.3 Å². The number of aliphatic carboxylic acids is 1. The molecule has 0 spiro atoms. The zero-order valence-corrected chi connectivity index (χ0v) is 20.2. The predicted molar refractivity (Wildman–Crippen MR) is 133 cm³/mol. The second-order valence-corrected chi connectivity index (χ2v) is 10.7. The van der Waals surface area contributed by atoms with Crippen molar-refractivity contribution < 1.29 is 19.0 Å². The van der Waals surface area contributed by atoms with Crippen LogP contribution >= 0.6 is 0 Å². The van der Waals surface area contributed by atoms with E-state index in [1.807, 2.05) is 23.0 Å². The van der Waals surface area contributed by atoms with Crippen LogP contribution in [0.1, 0.15) is 52.2 Å². The van der Waals surface area contributed by atoms with Crippen molar-refractivity contribution in [3.8, 4) is 0 Å². The minimum Gasteiger partial charge on any atom is -0.481 e. The van der Waals surface area contributed by atoms with Gasteiger partial charge in [0.15, 0.2) is 6.23 Å². The van der Waals surface area contributed by atoms with Gasteiger partial charge in [0, 0.05) is 30.3 Å². The third kappa shape index (κ3) is 3.75. The number of hydrogen-bond donors (Lipinski definition) is 1. The fourth-order valence-corrected chi connectivity index (χ4v) is 5.97. The van der Waals surface area contributed by atoms with Crippen molar-refractivity contribution in [3.63, 3.8) is 0 Å². The fourth-order valence-electron chi connectivity index (χ4n) is 5.97. The number of carboxylic acids is 1. The van der Waals surface area contributed by atoms with Crippen LogP contribution < -0.4 is 9.80 Å². The van der Waals surface area contributed by atoms with Gasteiger partial charge in [-0.25, -0.2) is 9.07 Å². The van der Waals surface area contributed by atoms with Crippen LogP contribution in [-0.4, -0.2) is 45.6 Å². The van der Waals surface area contributed by atoms with E-state index in [4.69, 9.17) is 9.84 Å². The normalized spacial score (nSPS) is 25.9. The summed E-state index contributed by atoms with van der Waals surface area (Å²) in [6.45, 7) is 5.84. The minimum atomic E-state index is -0.714. The molecule has 8 heteroatoms. The summed E-state index contributed by atoms with van der Waals surface area (Å²) in [5.41, 5.74) is 3.75. The Hall–Kier alpha value is -3.13. The molecule has 1 aromatic heterocycles. The Labute approximate surface area is 204 Å². The monoisotopic (exact) mass is 478 g/mol. The van der Waals surface area contributed by atoms with Crippen LogP contribution in [-0.2, 0) is 9.53 Å². The molecule has 1 saturated carbocycles. The average Bonchev–Trinajstić information content (AvgIpc) is 3.21. The van der Waals surface area contributed by atoms with Gasteiger partial charge in [-0.3, -0.25) is 4.79 Å². The third-order valence-corrected chi connectivity index (χ3v) is 7.82. The van der Waals surface area contributed by atoms with E-state index < -0.39 is 5.97 Å². The molecule has 0 amide bonds. The van der Waals surface area contributed by atoms with E-state index in [0.29, 0.717) is 12.8 Å². The second kappa shape index (κ2) is 8.22. The molecule has 2 aromatic carbocycles. The van der Waals surface area contributed by atoms with Crippen molar-refractivity contribution >= 4 is 33.9 Å². The smallest absolute Gasteiger partial charge is 0.306 e. The molecular weight excluding hydrogens is 447 g/mol. The number of nitrogens with zero attached hydrogens (tertiary/aromatic N) is 4. The predicted octanol–water partition coefficient (Wildman–Crippen LogP) is 5.47. The van der Waals surface area contributed by atoms with Gasteiger partial charge in [0.05, 0.1) is 34.5 Å². The molecule has 7 nitrogen and oxygen atoms in total.